The minimum Gasteiger partial charge on any atom is -0.295 e. The fourth-order valence-electron chi connectivity index (χ4n) is 1.17. The van der Waals surface area contributed by atoms with Crippen molar-refractivity contribution in [2.45, 2.75) is 18.7 Å². The van der Waals surface area contributed by atoms with E-state index in [0.29, 0.717) is 6.07 Å². The van der Waals surface area contributed by atoms with Gasteiger partial charge in [-0.15, -0.1) is 0 Å². The Balaban J connectivity index is 3.56. The second-order valence-corrected chi connectivity index (χ2v) is 5.97. The molecule has 0 aliphatic carbocycles. The van der Waals surface area contributed by atoms with Crippen molar-refractivity contribution in [2.24, 2.45) is 0 Å². The van der Waals surface area contributed by atoms with E-state index in [1.54, 1.807) is 0 Å². The van der Waals surface area contributed by atoms with Gasteiger partial charge in [0.25, 0.3) is 0 Å². The van der Waals surface area contributed by atoms with E-state index < -0.39 is 20.9 Å². The molecule has 16 heavy (non-hydrogen) atoms. The summed E-state index contributed by atoms with van der Waals surface area (Å²) in [7, 11) is -9.70. The van der Waals surface area contributed by atoms with E-state index in [9.17, 15) is 24.2 Å². The molecular formula is C9H9F5OS. The van der Waals surface area contributed by atoms with Gasteiger partial charge in [-0.1, -0.05) is 19.4 Å². The Labute approximate surface area is 89.0 Å². The van der Waals surface area contributed by atoms with Crippen LogP contribution in [0.25, 0.3) is 0 Å². The fourth-order valence-corrected chi connectivity index (χ4v) is 1.93. The van der Waals surface area contributed by atoms with E-state index in [0.717, 1.165) is 13.0 Å². The van der Waals surface area contributed by atoms with Gasteiger partial charge < -0.3 is 0 Å². The molecule has 0 aliphatic heterocycles. The smallest absolute Gasteiger partial charge is 0.295 e. The van der Waals surface area contributed by atoms with Gasteiger partial charge in [-0.2, -0.15) is 0 Å². The van der Waals surface area contributed by atoms with Gasteiger partial charge in [-0.25, -0.2) is 0 Å². The van der Waals surface area contributed by atoms with Crippen LogP contribution in [0.5, 0.6) is 0 Å². The first kappa shape index (κ1) is 13.0. The topological polar surface area (TPSA) is 17.1 Å². The van der Waals surface area contributed by atoms with E-state index >= 15 is 0 Å². The first-order chi connectivity index (χ1) is 6.79. The highest BCUT2D eigenvalue weighted by molar-refractivity contribution is 8.45. The van der Waals surface area contributed by atoms with Gasteiger partial charge in [-0.3, -0.25) is 4.79 Å². The Bertz CT molecular complexity index is 462. The highest BCUT2D eigenvalue weighted by atomic mass is 32.5. The monoisotopic (exact) mass is 260 g/mol. The minimum atomic E-state index is -9.70. The van der Waals surface area contributed by atoms with Crippen molar-refractivity contribution in [2.75, 3.05) is 0 Å². The van der Waals surface area contributed by atoms with E-state index in [1.807, 2.05) is 0 Å². The van der Waals surface area contributed by atoms with Crippen LogP contribution >= 0.6 is 10.2 Å². The molecule has 1 aromatic carbocycles. The molecule has 1 nitrogen and oxygen atoms in total. The molecule has 0 bridgehead atoms. The summed E-state index contributed by atoms with van der Waals surface area (Å²) in [6, 6.07) is 1.67. The lowest BCUT2D eigenvalue weighted by molar-refractivity contribution is 0.101. The minimum absolute atomic E-state index is 0.0315. The lowest BCUT2D eigenvalue weighted by atomic mass is 10.1. The van der Waals surface area contributed by atoms with Crippen molar-refractivity contribution in [1.29, 1.82) is 0 Å². The van der Waals surface area contributed by atoms with Gasteiger partial charge in [0.15, 0.2) is 5.78 Å². The van der Waals surface area contributed by atoms with Crippen LogP contribution in [0.1, 0.15) is 22.8 Å². The van der Waals surface area contributed by atoms with Gasteiger partial charge >= 0.3 is 10.2 Å². The third-order valence-corrected chi connectivity index (χ3v) is 3.03. The molecule has 0 saturated carbocycles. The zero-order valence-corrected chi connectivity index (χ0v) is 9.25. The molecule has 0 aliphatic rings. The number of hydrogen-bond acceptors (Lipinski definition) is 1. The lowest BCUT2D eigenvalue weighted by Gasteiger charge is -2.40. The predicted molar refractivity (Wildman–Crippen MR) is 52.6 cm³/mol. The maximum Gasteiger partial charge on any atom is 0.310 e. The maximum absolute atomic E-state index is 12.5. The van der Waals surface area contributed by atoms with Crippen LogP contribution < -0.4 is 0 Å². The molecule has 0 aromatic heterocycles. The molecule has 0 atom stereocenters. The van der Waals surface area contributed by atoms with E-state index in [1.165, 1.54) is 6.92 Å². The number of hydrogen-bond donors (Lipinski definition) is 0. The molecule has 7 heteroatoms. The summed E-state index contributed by atoms with van der Waals surface area (Å²) in [5.74, 6) is -0.688. The van der Waals surface area contributed by atoms with Crippen LogP contribution in [0, 0.1) is 6.92 Å². The third-order valence-electron chi connectivity index (χ3n) is 1.90. The summed E-state index contributed by atoms with van der Waals surface area (Å²) in [5.41, 5.74) is -0.404. The Kier molecular flexibility index (Phi) is 2.24. The first-order valence-electron chi connectivity index (χ1n) is 4.16. The molecule has 0 saturated heterocycles. The number of halogens is 5. The average Bonchev–Trinajstić information content (AvgIpc) is 1.98. The largest absolute Gasteiger partial charge is 0.310 e. The predicted octanol–water partition coefficient (Wildman–Crippen LogP) is 4.86. The number of rotatable bonds is 2. The summed E-state index contributed by atoms with van der Waals surface area (Å²) in [5, 5.41) is 0. The van der Waals surface area contributed by atoms with E-state index in [-0.39, 0.29) is 17.2 Å². The summed E-state index contributed by atoms with van der Waals surface area (Å²) in [6.07, 6.45) is 0. The molecule has 92 valence electrons. The standard InChI is InChI=1S/C9H9F5OS/c1-6-3-8(7(2)15)5-9(4-6)16(10,11,12,13)14/h3-5H,1-2H3. The molecule has 0 fully saturated rings. The molecule has 0 N–H and O–H groups in total. The van der Waals surface area contributed by atoms with Crippen molar-refractivity contribution < 1.29 is 24.2 Å². The molecule has 0 amide bonds. The summed E-state index contributed by atoms with van der Waals surface area (Å²) >= 11 is 0. The number of Topliss-reactive ketones (excluding diaryl/α,β-unsaturated/α-hetero) is 1. The SMILES string of the molecule is CC(=O)c1cc(C)cc(S(F)(F)(F)(F)F)c1. The molecule has 1 aromatic rings. The van der Waals surface area contributed by atoms with Crippen LogP contribution in [-0.2, 0) is 0 Å². The van der Waals surface area contributed by atoms with Gasteiger partial charge in [0.1, 0.15) is 4.90 Å². The van der Waals surface area contributed by atoms with Gasteiger partial charge in [0.05, 0.1) is 0 Å². The van der Waals surface area contributed by atoms with Gasteiger partial charge in [0, 0.05) is 5.56 Å². The highest BCUT2D eigenvalue weighted by Gasteiger charge is 2.65. The number of aryl methyl sites for hydroxylation is 1. The third kappa shape index (κ3) is 2.94. The second kappa shape index (κ2) is 2.77. The number of carbonyl (C=O) groups excluding carboxylic acids is 1. The second-order valence-electron chi connectivity index (χ2n) is 3.56. The summed E-state index contributed by atoms with van der Waals surface area (Å²) in [6.45, 7) is 2.24. The van der Waals surface area contributed by atoms with E-state index in [2.05, 4.69) is 0 Å². The molecule has 0 heterocycles. The average molecular weight is 260 g/mol. The molecule has 0 radical (unpaired) electrons. The van der Waals surface area contributed by atoms with Crippen molar-refractivity contribution >= 4 is 16.0 Å². The number of ketones is 1. The summed E-state index contributed by atoms with van der Waals surface area (Å²) < 4.78 is 62.3. The zero-order valence-electron chi connectivity index (χ0n) is 8.44. The first-order valence-corrected chi connectivity index (χ1v) is 6.11. The molecule has 0 spiro atoms. The molecular weight excluding hydrogens is 251 g/mol. The normalized spacial score (nSPS) is 16.4. The Hall–Kier alpha value is -1.11. The quantitative estimate of drug-likeness (QED) is 0.548. The van der Waals surface area contributed by atoms with Crippen LogP contribution in [0.2, 0.25) is 0 Å². The van der Waals surface area contributed by atoms with Crippen LogP contribution in [-0.4, -0.2) is 5.78 Å². The van der Waals surface area contributed by atoms with Crippen molar-refractivity contribution in [3.8, 4) is 0 Å². The zero-order chi connectivity index (χ0) is 12.8. The van der Waals surface area contributed by atoms with Gasteiger partial charge in [0.2, 0.25) is 0 Å². The van der Waals surface area contributed by atoms with E-state index in [4.69, 9.17) is 0 Å². The maximum atomic E-state index is 12.5. The highest BCUT2D eigenvalue weighted by Crippen LogP contribution is 3.02. The van der Waals surface area contributed by atoms with Crippen LogP contribution in [0.4, 0.5) is 19.4 Å². The summed E-state index contributed by atoms with van der Waals surface area (Å²) in [4.78, 5) is 8.86. The lowest BCUT2D eigenvalue weighted by Crippen LogP contribution is -2.08. The van der Waals surface area contributed by atoms with Crippen molar-refractivity contribution in [3.05, 3.63) is 29.3 Å². The van der Waals surface area contributed by atoms with Gasteiger partial charge in [-0.05, 0) is 37.6 Å². The fraction of sp³-hybridized carbons (Fsp3) is 0.222. The number of carbonyl (C=O) groups is 1. The Morgan fingerprint density at radius 1 is 1.06 bits per heavy atom. The van der Waals surface area contributed by atoms with Crippen LogP contribution in [0.15, 0.2) is 23.1 Å². The van der Waals surface area contributed by atoms with Crippen LogP contribution in [0.3, 0.4) is 0 Å². The Morgan fingerprint density at radius 2 is 1.56 bits per heavy atom. The molecule has 0 unspecified atom stereocenters. The Morgan fingerprint density at radius 3 is 1.94 bits per heavy atom. The molecule has 1 rings (SSSR count). The van der Waals surface area contributed by atoms with Crippen molar-refractivity contribution in [3.63, 3.8) is 0 Å². The number of benzene rings is 1. The van der Waals surface area contributed by atoms with Crippen molar-refractivity contribution in [1.82, 2.24) is 0 Å².